The number of carbonyl (C=O) groups excluding carboxylic acids is 2. The maximum Gasteiger partial charge on any atom is 0.251 e. The van der Waals surface area contributed by atoms with Gasteiger partial charge in [-0.2, -0.15) is 0 Å². The first kappa shape index (κ1) is 22.1. The quantitative estimate of drug-likeness (QED) is 0.583. The Morgan fingerprint density at radius 1 is 0.968 bits per heavy atom. The normalized spacial score (nSPS) is 11.2. The highest BCUT2D eigenvalue weighted by Gasteiger charge is 2.24. The molecule has 156 valence electrons. The second-order valence-corrected chi connectivity index (χ2v) is 7.67. The van der Waals surface area contributed by atoms with Crippen molar-refractivity contribution < 1.29 is 9.59 Å². The molecule has 0 saturated carbocycles. The molecule has 0 radical (unpaired) electrons. The van der Waals surface area contributed by atoms with E-state index in [1.54, 1.807) is 42.6 Å². The Kier molecular flexibility index (Phi) is 7.42. The van der Waals surface area contributed by atoms with Crippen LogP contribution < -0.4 is 10.6 Å². The molecular formula is C25H22ClN3O2. The van der Waals surface area contributed by atoms with Crippen LogP contribution in [0.5, 0.6) is 0 Å². The Bertz CT molecular complexity index is 1120. The average molecular weight is 432 g/mol. The van der Waals surface area contributed by atoms with E-state index < -0.39 is 6.04 Å². The van der Waals surface area contributed by atoms with Crippen molar-refractivity contribution in [2.24, 2.45) is 5.92 Å². The minimum Gasteiger partial charge on any atom is -0.340 e. The number of nitrogens with one attached hydrogen (secondary N) is 2. The van der Waals surface area contributed by atoms with Gasteiger partial charge >= 0.3 is 0 Å². The van der Waals surface area contributed by atoms with Crippen LogP contribution in [0.1, 0.15) is 35.5 Å². The lowest BCUT2D eigenvalue weighted by Gasteiger charge is -2.22. The Morgan fingerprint density at radius 3 is 2.42 bits per heavy atom. The summed E-state index contributed by atoms with van der Waals surface area (Å²) in [4.78, 5) is 29.6. The monoisotopic (exact) mass is 431 g/mol. The molecule has 0 aliphatic carbocycles. The zero-order valence-electron chi connectivity index (χ0n) is 17.2. The van der Waals surface area contributed by atoms with E-state index in [4.69, 9.17) is 11.6 Å². The van der Waals surface area contributed by atoms with E-state index in [0.29, 0.717) is 22.0 Å². The van der Waals surface area contributed by atoms with Crippen molar-refractivity contribution in [2.45, 2.75) is 19.9 Å². The summed E-state index contributed by atoms with van der Waals surface area (Å²) >= 11 is 5.87. The smallest absolute Gasteiger partial charge is 0.251 e. The lowest BCUT2D eigenvalue weighted by molar-refractivity contribution is -0.118. The van der Waals surface area contributed by atoms with Gasteiger partial charge in [0.15, 0.2) is 0 Å². The van der Waals surface area contributed by atoms with Crippen LogP contribution in [0.3, 0.4) is 0 Å². The summed E-state index contributed by atoms with van der Waals surface area (Å²) in [5.41, 5.74) is 2.45. The maximum absolute atomic E-state index is 12.9. The van der Waals surface area contributed by atoms with E-state index in [1.165, 1.54) is 0 Å². The first-order chi connectivity index (χ1) is 14.9. The summed E-state index contributed by atoms with van der Waals surface area (Å²) in [5.74, 6) is 5.29. The third kappa shape index (κ3) is 6.43. The molecule has 0 fully saturated rings. The molecule has 6 heteroatoms. The van der Waals surface area contributed by atoms with Crippen molar-refractivity contribution in [3.8, 4) is 11.8 Å². The van der Waals surface area contributed by atoms with Gasteiger partial charge in [0.05, 0.1) is 0 Å². The van der Waals surface area contributed by atoms with E-state index in [-0.39, 0.29) is 17.7 Å². The van der Waals surface area contributed by atoms with Crippen LogP contribution in [0.15, 0.2) is 72.9 Å². The molecule has 2 aromatic carbocycles. The number of benzene rings is 2. The van der Waals surface area contributed by atoms with Crippen LogP contribution in [0.4, 0.5) is 5.69 Å². The minimum absolute atomic E-state index is 0.108. The summed E-state index contributed by atoms with van der Waals surface area (Å²) in [6.07, 6.45) is 1.69. The molecule has 1 heterocycles. The molecule has 0 saturated heterocycles. The Labute approximate surface area is 186 Å². The molecule has 2 amide bonds. The molecular weight excluding hydrogens is 410 g/mol. The molecule has 1 aromatic heterocycles. The van der Waals surface area contributed by atoms with Crippen molar-refractivity contribution in [1.82, 2.24) is 10.3 Å². The standard InChI is InChI=1S/C25H22ClN3O2/c1-17(2)23(29-24(30)19-10-12-20(26)13-11-19)25(31)28-22-8-5-6-18(16-22)9-14-21-7-3-4-15-27-21/h3-8,10-13,15-17,23H,1-2H3,(H,28,31)(H,29,30). The van der Waals surface area contributed by atoms with Gasteiger partial charge in [-0.05, 0) is 66.4 Å². The number of nitrogens with zero attached hydrogens (tertiary/aromatic N) is 1. The summed E-state index contributed by atoms with van der Waals surface area (Å²) in [6, 6.07) is 18.6. The molecule has 0 spiro atoms. The number of hydrogen-bond acceptors (Lipinski definition) is 3. The number of halogens is 1. The first-order valence-electron chi connectivity index (χ1n) is 9.83. The third-order valence-corrected chi connectivity index (χ3v) is 4.72. The lowest BCUT2D eigenvalue weighted by Crippen LogP contribution is -2.47. The Balaban J connectivity index is 1.70. The number of rotatable bonds is 5. The van der Waals surface area contributed by atoms with Crippen LogP contribution in [0, 0.1) is 17.8 Å². The van der Waals surface area contributed by atoms with Gasteiger partial charge in [-0.1, -0.05) is 43.5 Å². The molecule has 31 heavy (non-hydrogen) atoms. The SMILES string of the molecule is CC(C)C(NC(=O)c1ccc(Cl)cc1)C(=O)Nc1cccc(C#Cc2ccccn2)c1. The van der Waals surface area contributed by atoms with Gasteiger partial charge in [0, 0.05) is 28.0 Å². The van der Waals surface area contributed by atoms with Gasteiger partial charge in [0.2, 0.25) is 5.91 Å². The van der Waals surface area contributed by atoms with Crippen molar-refractivity contribution in [3.05, 3.63) is 94.8 Å². The number of aromatic nitrogens is 1. The van der Waals surface area contributed by atoms with Gasteiger partial charge in [0.25, 0.3) is 5.91 Å². The molecule has 1 atom stereocenters. The van der Waals surface area contributed by atoms with E-state index in [9.17, 15) is 9.59 Å². The largest absolute Gasteiger partial charge is 0.340 e. The highest BCUT2D eigenvalue weighted by Crippen LogP contribution is 2.14. The number of carbonyl (C=O) groups is 2. The van der Waals surface area contributed by atoms with Crippen molar-refractivity contribution in [3.63, 3.8) is 0 Å². The van der Waals surface area contributed by atoms with E-state index in [1.807, 2.05) is 44.2 Å². The second kappa shape index (κ2) is 10.4. The molecule has 0 aliphatic heterocycles. The number of pyridine rings is 1. The number of amides is 2. The fourth-order valence-corrected chi connectivity index (χ4v) is 2.95. The van der Waals surface area contributed by atoms with Crippen LogP contribution in [0.25, 0.3) is 0 Å². The molecule has 0 bridgehead atoms. The van der Waals surface area contributed by atoms with Gasteiger partial charge in [-0.25, -0.2) is 4.98 Å². The molecule has 3 aromatic rings. The van der Waals surface area contributed by atoms with Crippen LogP contribution >= 0.6 is 11.6 Å². The predicted molar refractivity (Wildman–Crippen MR) is 123 cm³/mol. The van der Waals surface area contributed by atoms with Crippen molar-refractivity contribution >= 4 is 29.1 Å². The predicted octanol–water partition coefficient (Wildman–Crippen LogP) is 4.53. The van der Waals surface area contributed by atoms with Gasteiger partial charge in [-0.15, -0.1) is 0 Å². The summed E-state index contributed by atoms with van der Waals surface area (Å²) < 4.78 is 0. The van der Waals surface area contributed by atoms with E-state index >= 15 is 0 Å². The molecule has 2 N–H and O–H groups in total. The third-order valence-electron chi connectivity index (χ3n) is 4.47. The number of anilines is 1. The van der Waals surface area contributed by atoms with Crippen molar-refractivity contribution in [2.75, 3.05) is 5.32 Å². The molecule has 0 aliphatic rings. The topological polar surface area (TPSA) is 71.1 Å². The van der Waals surface area contributed by atoms with E-state index in [2.05, 4.69) is 27.5 Å². The van der Waals surface area contributed by atoms with Crippen LogP contribution in [-0.2, 0) is 4.79 Å². The minimum atomic E-state index is -0.702. The van der Waals surface area contributed by atoms with Crippen molar-refractivity contribution in [1.29, 1.82) is 0 Å². The van der Waals surface area contributed by atoms with Gasteiger partial charge < -0.3 is 10.6 Å². The molecule has 3 rings (SSSR count). The van der Waals surface area contributed by atoms with E-state index in [0.717, 1.165) is 5.56 Å². The van der Waals surface area contributed by atoms with Crippen LogP contribution in [-0.4, -0.2) is 22.8 Å². The maximum atomic E-state index is 12.9. The lowest BCUT2D eigenvalue weighted by atomic mass is 10.0. The zero-order valence-corrected chi connectivity index (χ0v) is 18.0. The number of hydrogen-bond donors (Lipinski definition) is 2. The fraction of sp³-hybridized carbons (Fsp3) is 0.160. The Morgan fingerprint density at radius 2 is 1.74 bits per heavy atom. The summed E-state index contributed by atoms with van der Waals surface area (Å²) in [6.45, 7) is 3.75. The summed E-state index contributed by atoms with van der Waals surface area (Å²) in [7, 11) is 0. The zero-order chi connectivity index (χ0) is 22.2. The fourth-order valence-electron chi connectivity index (χ4n) is 2.83. The summed E-state index contributed by atoms with van der Waals surface area (Å²) in [5, 5.41) is 6.22. The Hall–Kier alpha value is -3.62. The van der Waals surface area contributed by atoms with Gasteiger partial charge in [-0.3, -0.25) is 9.59 Å². The second-order valence-electron chi connectivity index (χ2n) is 7.24. The molecule has 1 unspecified atom stereocenters. The molecule has 5 nitrogen and oxygen atoms in total. The van der Waals surface area contributed by atoms with Gasteiger partial charge in [0.1, 0.15) is 11.7 Å². The highest BCUT2D eigenvalue weighted by atomic mass is 35.5. The first-order valence-corrected chi connectivity index (χ1v) is 10.2. The highest BCUT2D eigenvalue weighted by molar-refractivity contribution is 6.30. The van der Waals surface area contributed by atoms with Crippen LogP contribution in [0.2, 0.25) is 5.02 Å². The average Bonchev–Trinajstić information content (AvgIpc) is 2.77.